The van der Waals surface area contributed by atoms with Gasteiger partial charge in [0.05, 0.1) is 20.5 Å². The molecule has 1 atom stereocenters. The summed E-state index contributed by atoms with van der Waals surface area (Å²) < 4.78 is 9.11. The van der Waals surface area contributed by atoms with E-state index in [-0.39, 0.29) is 6.04 Å². The summed E-state index contributed by atoms with van der Waals surface area (Å²) in [7, 11) is 4.17. The second-order valence-electron chi connectivity index (χ2n) is 6.63. The van der Waals surface area contributed by atoms with Gasteiger partial charge in [-0.2, -0.15) is 0 Å². The van der Waals surface area contributed by atoms with Crippen LogP contribution in [0.1, 0.15) is 50.9 Å². The van der Waals surface area contributed by atoms with Crippen LogP contribution in [0.2, 0.25) is 0 Å². The Morgan fingerprint density at radius 2 is 2.04 bits per heavy atom. The molecule has 0 saturated carbocycles. The van der Waals surface area contributed by atoms with Crippen molar-refractivity contribution >= 4 is 39.0 Å². The zero-order valence-corrected chi connectivity index (χ0v) is 19.8. The number of thioether (sulfide) groups is 1. The Morgan fingerprint density at radius 3 is 2.68 bits per heavy atom. The fourth-order valence-corrected chi connectivity index (χ4v) is 5.04. The first-order chi connectivity index (χ1) is 13.5. The molecule has 3 aromatic heterocycles. The van der Waals surface area contributed by atoms with Crippen LogP contribution >= 0.6 is 39.0 Å². The van der Waals surface area contributed by atoms with E-state index < -0.39 is 0 Å². The SMILES string of the molecule is CCCCn1c(SCc2nnc(-c3ccc(Br)s3)o2)nnc1[C@H](CC)N(C)C. The molecule has 0 N–H and O–H groups in total. The third kappa shape index (κ3) is 5.03. The summed E-state index contributed by atoms with van der Waals surface area (Å²) in [6.07, 6.45) is 3.22. The van der Waals surface area contributed by atoms with Crippen molar-refractivity contribution in [3.8, 4) is 10.8 Å². The van der Waals surface area contributed by atoms with Gasteiger partial charge >= 0.3 is 0 Å². The highest BCUT2D eigenvalue weighted by atomic mass is 79.9. The normalized spacial score (nSPS) is 12.8. The first-order valence-electron chi connectivity index (χ1n) is 9.33. The number of hydrogen-bond acceptors (Lipinski definition) is 8. The molecule has 0 amide bonds. The van der Waals surface area contributed by atoms with Crippen LogP contribution in [0.5, 0.6) is 0 Å². The summed E-state index contributed by atoms with van der Waals surface area (Å²) in [4.78, 5) is 3.16. The minimum atomic E-state index is 0.256. The van der Waals surface area contributed by atoms with Crippen LogP contribution in [0.3, 0.4) is 0 Å². The highest BCUT2D eigenvalue weighted by Gasteiger charge is 2.22. The second kappa shape index (κ2) is 10.00. The molecule has 0 unspecified atom stereocenters. The van der Waals surface area contributed by atoms with Crippen molar-refractivity contribution in [2.75, 3.05) is 14.1 Å². The van der Waals surface area contributed by atoms with E-state index in [9.17, 15) is 0 Å². The van der Waals surface area contributed by atoms with E-state index in [2.05, 4.69) is 73.7 Å². The fourth-order valence-electron chi connectivity index (χ4n) is 2.93. The van der Waals surface area contributed by atoms with Gasteiger partial charge in [0, 0.05) is 6.54 Å². The van der Waals surface area contributed by atoms with Crippen molar-refractivity contribution in [3.63, 3.8) is 0 Å². The van der Waals surface area contributed by atoms with Gasteiger partial charge in [-0.05, 0) is 55.0 Å². The van der Waals surface area contributed by atoms with E-state index >= 15 is 0 Å². The molecule has 0 radical (unpaired) electrons. The van der Waals surface area contributed by atoms with Crippen LogP contribution in [0, 0.1) is 0 Å². The fraction of sp³-hybridized carbons (Fsp3) is 0.556. The van der Waals surface area contributed by atoms with Gasteiger partial charge in [0.1, 0.15) is 0 Å². The van der Waals surface area contributed by atoms with Crippen LogP contribution < -0.4 is 0 Å². The second-order valence-corrected chi connectivity index (χ2v) is 10.0. The van der Waals surface area contributed by atoms with E-state index in [4.69, 9.17) is 4.42 Å². The zero-order chi connectivity index (χ0) is 20.1. The number of unbranched alkanes of at least 4 members (excludes halogenated alkanes) is 1. The van der Waals surface area contributed by atoms with Crippen LogP contribution in [0.25, 0.3) is 10.8 Å². The molecule has 0 aliphatic rings. The molecule has 3 aromatic rings. The number of rotatable bonds is 10. The summed E-state index contributed by atoms with van der Waals surface area (Å²) in [6, 6.07) is 4.20. The van der Waals surface area contributed by atoms with Crippen molar-refractivity contribution < 1.29 is 4.42 Å². The maximum atomic E-state index is 5.82. The van der Waals surface area contributed by atoms with E-state index in [1.54, 1.807) is 23.1 Å². The topological polar surface area (TPSA) is 72.9 Å². The van der Waals surface area contributed by atoms with Gasteiger partial charge in [0.25, 0.3) is 5.89 Å². The van der Waals surface area contributed by atoms with Gasteiger partial charge in [0.15, 0.2) is 11.0 Å². The van der Waals surface area contributed by atoms with Crippen molar-refractivity contribution in [1.82, 2.24) is 29.9 Å². The highest BCUT2D eigenvalue weighted by Crippen LogP contribution is 2.32. The van der Waals surface area contributed by atoms with Gasteiger partial charge in [-0.3, -0.25) is 4.90 Å². The number of aromatic nitrogens is 5. The van der Waals surface area contributed by atoms with E-state index in [0.29, 0.717) is 17.5 Å². The lowest BCUT2D eigenvalue weighted by molar-refractivity contribution is 0.270. The quantitative estimate of drug-likeness (QED) is 0.363. The third-order valence-corrected chi connectivity index (χ3v) is 6.93. The Labute approximate surface area is 182 Å². The Hall–Kier alpha value is -1.23. The van der Waals surface area contributed by atoms with Gasteiger partial charge in [-0.1, -0.05) is 32.0 Å². The molecule has 152 valence electrons. The monoisotopic (exact) mass is 484 g/mol. The Kier molecular flexibility index (Phi) is 7.67. The Bertz CT molecular complexity index is 890. The number of thiophene rings is 1. The van der Waals surface area contributed by atoms with Gasteiger partial charge in [-0.15, -0.1) is 31.7 Å². The predicted molar refractivity (Wildman–Crippen MR) is 117 cm³/mol. The lowest BCUT2D eigenvalue weighted by Gasteiger charge is -2.23. The molecule has 3 heterocycles. The van der Waals surface area contributed by atoms with Crippen molar-refractivity contribution in [3.05, 3.63) is 27.6 Å². The van der Waals surface area contributed by atoms with Crippen molar-refractivity contribution in [2.45, 2.75) is 56.6 Å². The van der Waals surface area contributed by atoms with Crippen LogP contribution in [0.15, 0.2) is 25.5 Å². The molecule has 0 aliphatic carbocycles. The van der Waals surface area contributed by atoms with Crippen LogP contribution in [0.4, 0.5) is 0 Å². The van der Waals surface area contributed by atoms with Crippen molar-refractivity contribution in [2.24, 2.45) is 0 Å². The van der Waals surface area contributed by atoms with E-state index in [1.165, 1.54) is 0 Å². The average Bonchev–Trinajstić information content (AvgIpc) is 3.39. The minimum Gasteiger partial charge on any atom is -0.419 e. The number of halogens is 1. The molecule has 3 rings (SSSR count). The van der Waals surface area contributed by atoms with Crippen LogP contribution in [-0.2, 0) is 12.3 Å². The van der Waals surface area contributed by atoms with Gasteiger partial charge in [0.2, 0.25) is 5.89 Å². The van der Waals surface area contributed by atoms with Crippen molar-refractivity contribution in [1.29, 1.82) is 0 Å². The molecule has 10 heteroatoms. The predicted octanol–water partition coefficient (Wildman–Crippen LogP) is 5.26. The summed E-state index contributed by atoms with van der Waals surface area (Å²) in [5.41, 5.74) is 0. The van der Waals surface area contributed by atoms with E-state index in [0.717, 1.165) is 45.5 Å². The molecule has 0 fully saturated rings. The summed E-state index contributed by atoms with van der Waals surface area (Å²) in [5.74, 6) is 2.75. The maximum absolute atomic E-state index is 5.82. The summed E-state index contributed by atoms with van der Waals surface area (Å²) in [6.45, 7) is 5.30. The summed E-state index contributed by atoms with van der Waals surface area (Å²) in [5, 5.41) is 18.2. The average molecular weight is 485 g/mol. The largest absolute Gasteiger partial charge is 0.419 e. The Morgan fingerprint density at radius 1 is 1.21 bits per heavy atom. The number of hydrogen-bond donors (Lipinski definition) is 0. The molecular weight excluding hydrogens is 460 g/mol. The molecule has 0 spiro atoms. The lowest BCUT2D eigenvalue weighted by atomic mass is 10.2. The first kappa shape index (κ1) is 21.5. The molecule has 0 bridgehead atoms. The van der Waals surface area contributed by atoms with Gasteiger partial charge < -0.3 is 8.98 Å². The molecule has 0 aromatic carbocycles. The lowest BCUT2D eigenvalue weighted by Crippen LogP contribution is -2.23. The standard InChI is InChI=1S/C18H25BrN6OS2/c1-5-7-10-25-16(12(6-2)24(3)4)21-23-18(25)27-11-15-20-22-17(26-15)13-8-9-14(19)28-13/h8-9,12H,5-7,10-11H2,1-4H3/t12-/m0/s1. The summed E-state index contributed by atoms with van der Waals surface area (Å²) >= 11 is 6.63. The molecule has 0 aliphatic heterocycles. The van der Waals surface area contributed by atoms with Gasteiger partial charge in [-0.25, -0.2) is 0 Å². The van der Waals surface area contributed by atoms with Crippen LogP contribution in [-0.4, -0.2) is 44.0 Å². The molecular formula is C18H25BrN6OS2. The Balaban J connectivity index is 1.75. The van der Waals surface area contributed by atoms with E-state index in [1.807, 2.05) is 12.1 Å². The third-order valence-electron chi connectivity index (χ3n) is 4.36. The zero-order valence-electron chi connectivity index (χ0n) is 16.6. The minimum absolute atomic E-state index is 0.256. The molecule has 7 nitrogen and oxygen atoms in total. The highest BCUT2D eigenvalue weighted by molar-refractivity contribution is 9.11. The number of nitrogens with zero attached hydrogens (tertiary/aromatic N) is 6. The smallest absolute Gasteiger partial charge is 0.257 e. The molecule has 0 saturated heterocycles. The maximum Gasteiger partial charge on any atom is 0.257 e. The molecule has 28 heavy (non-hydrogen) atoms. The first-order valence-corrected chi connectivity index (χ1v) is 11.9.